The molecule has 9 rings (SSSR count). The monoisotopic (exact) mass is 872 g/mol. The standard InChI is InChI=1S/C46H34FN4O.Pt/c1-4-32-21-22-48-45(23-32)51-41-16-6-5-15-39(41)40-20-19-37(28-44(40)51)52-38-25-33(46-30(2)11-9-12-31(46)3)24-36(27-38)50-29-49(35-14-10-13-34(47)26-35)42-17-7-8-18-43(42)50;/h5-26,29H,4H2,1-3H3;/q-3;. The van der Waals surface area contributed by atoms with Crippen molar-refractivity contribution >= 4 is 44.6 Å². The van der Waals surface area contributed by atoms with Crippen molar-refractivity contribution in [1.29, 1.82) is 0 Å². The maximum Gasteiger partial charge on any atom is 0.135 e. The van der Waals surface area contributed by atoms with Crippen molar-refractivity contribution in [2.45, 2.75) is 27.2 Å². The Morgan fingerprint density at radius 2 is 1.47 bits per heavy atom. The number of halogens is 1. The predicted molar refractivity (Wildman–Crippen MR) is 208 cm³/mol. The molecule has 0 atom stereocenters. The van der Waals surface area contributed by atoms with Crippen LogP contribution >= 0.6 is 0 Å². The molecule has 5 nitrogen and oxygen atoms in total. The van der Waals surface area contributed by atoms with Gasteiger partial charge >= 0.3 is 0 Å². The van der Waals surface area contributed by atoms with E-state index in [4.69, 9.17) is 9.72 Å². The molecule has 0 spiro atoms. The molecule has 0 N–H and O–H groups in total. The number of ether oxygens (including phenoxy) is 1. The molecule has 1 aliphatic heterocycles. The van der Waals surface area contributed by atoms with Crippen LogP contribution in [0.4, 0.5) is 27.1 Å². The van der Waals surface area contributed by atoms with Gasteiger partial charge in [-0.05, 0) is 96.4 Å². The first-order valence-electron chi connectivity index (χ1n) is 17.5. The van der Waals surface area contributed by atoms with Gasteiger partial charge in [-0.2, -0.15) is 6.07 Å². The van der Waals surface area contributed by atoms with Crippen molar-refractivity contribution in [2.75, 3.05) is 9.80 Å². The normalized spacial score (nSPS) is 12.3. The third-order valence-corrected chi connectivity index (χ3v) is 9.80. The molecule has 53 heavy (non-hydrogen) atoms. The molecule has 0 aliphatic carbocycles. The topological polar surface area (TPSA) is 33.5 Å². The summed E-state index contributed by atoms with van der Waals surface area (Å²) >= 11 is 0. The van der Waals surface area contributed by atoms with E-state index in [1.807, 2.05) is 54.2 Å². The Morgan fingerprint density at radius 1 is 0.717 bits per heavy atom. The van der Waals surface area contributed by atoms with Crippen molar-refractivity contribution in [3.8, 4) is 28.4 Å². The average molecular weight is 873 g/mol. The Balaban J connectivity index is 0.00000400. The Bertz CT molecular complexity index is 2630. The number of rotatable bonds is 7. The van der Waals surface area contributed by atoms with E-state index in [1.165, 1.54) is 11.6 Å². The molecule has 0 amide bonds. The van der Waals surface area contributed by atoms with Gasteiger partial charge in [0.05, 0.1) is 0 Å². The van der Waals surface area contributed by atoms with E-state index < -0.39 is 0 Å². The number of fused-ring (bicyclic) bond motifs is 4. The van der Waals surface area contributed by atoms with Gasteiger partial charge < -0.3 is 19.1 Å². The fourth-order valence-electron chi connectivity index (χ4n) is 7.36. The van der Waals surface area contributed by atoms with Crippen LogP contribution in [0.15, 0.2) is 134 Å². The summed E-state index contributed by atoms with van der Waals surface area (Å²) in [6.07, 6.45) is 2.78. The minimum absolute atomic E-state index is 0. The van der Waals surface area contributed by atoms with Crippen LogP contribution in [0.2, 0.25) is 0 Å². The summed E-state index contributed by atoms with van der Waals surface area (Å²) in [4.78, 5) is 8.86. The average Bonchev–Trinajstić information content (AvgIpc) is 3.71. The van der Waals surface area contributed by atoms with Crippen LogP contribution in [0.1, 0.15) is 23.6 Å². The summed E-state index contributed by atoms with van der Waals surface area (Å²) in [7, 11) is 0. The number of para-hydroxylation sites is 3. The zero-order chi connectivity index (χ0) is 35.3. The van der Waals surface area contributed by atoms with E-state index in [-0.39, 0.29) is 26.9 Å². The number of anilines is 4. The third-order valence-electron chi connectivity index (χ3n) is 9.80. The molecule has 0 bridgehead atoms. The van der Waals surface area contributed by atoms with Crippen molar-refractivity contribution in [3.63, 3.8) is 0 Å². The van der Waals surface area contributed by atoms with Gasteiger partial charge in [0.2, 0.25) is 0 Å². The molecule has 0 saturated heterocycles. The van der Waals surface area contributed by atoms with Gasteiger partial charge in [0.25, 0.3) is 0 Å². The van der Waals surface area contributed by atoms with Crippen molar-refractivity contribution < 1.29 is 30.2 Å². The van der Waals surface area contributed by atoms with Crippen molar-refractivity contribution in [1.82, 2.24) is 9.55 Å². The van der Waals surface area contributed by atoms with Gasteiger partial charge in [-0.25, -0.2) is 9.37 Å². The Labute approximate surface area is 323 Å². The number of hydrogen-bond donors (Lipinski definition) is 0. The van der Waals surface area contributed by atoms with Gasteiger partial charge in [0.1, 0.15) is 11.6 Å². The van der Waals surface area contributed by atoms with Crippen LogP contribution in [0.3, 0.4) is 0 Å². The maximum absolute atomic E-state index is 14.4. The molecule has 0 radical (unpaired) electrons. The van der Waals surface area contributed by atoms with Crippen LogP contribution in [-0.2, 0) is 27.5 Å². The first kappa shape index (κ1) is 34.4. The number of aryl methyl sites for hydroxylation is 3. The SMILES string of the molecule is CCc1ccnc(-n2c3[c-]c(Oc4[c-]c(N5[CH-]N(c6cccc(F)c6)c6ccccc65)cc(-c5c(C)cccc5C)c4)ccc3c3ccccc32)c1.[Pt]. The van der Waals surface area contributed by atoms with E-state index in [9.17, 15) is 4.39 Å². The van der Waals surface area contributed by atoms with E-state index >= 15 is 0 Å². The second-order valence-corrected chi connectivity index (χ2v) is 13.1. The molecular formula is C46H34FN4OPt-3. The molecule has 0 fully saturated rings. The third kappa shape index (κ3) is 6.17. The predicted octanol–water partition coefficient (Wildman–Crippen LogP) is 12.0. The molecule has 264 valence electrons. The quantitative estimate of drug-likeness (QED) is 0.149. The summed E-state index contributed by atoms with van der Waals surface area (Å²) < 4.78 is 23.3. The second-order valence-electron chi connectivity index (χ2n) is 13.1. The van der Waals surface area contributed by atoms with E-state index in [0.717, 1.165) is 79.0 Å². The summed E-state index contributed by atoms with van der Waals surface area (Å²) in [6.45, 7) is 8.39. The van der Waals surface area contributed by atoms with Gasteiger partial charge in [-0.3, -0.25) is 0 Å². The molecular weight excluding hydrogens is 839 g/mol. The first-order valence-corrected chi connectivity index (χ1v) is 17.5. The molecule has 8 aromatic rings. The Hall–Kier alpha value is -5.71. The molecule has 7 heteroatoms. The molecule has 3 heterocycles. The van der Waals surface area contributed by atoms with Gasteiger partial charge in [0, 0.05) is 61.3 Å². The Kier molecular flexibility index (Phi) is 9.09. The van der Waals surface area contributed by atoms with E-state index in [1.54, 1.807) is 12.1 Å². The molecule has 0 unspecified atom stereocenters. The minimum atomic E-state index is -0.290. The fraction of sp³-hybridized carbons (Fsp3) is 0.0870. The zero-order valence-electron chi connectivity index (χ0n) is 29.4. The number of hydrogen-bond acceptors (Lipinski definition) is 4. The maximum atomic E-state index is 14.4. The first-order chi connectivity index (χ1) is 25.4. The van der Waals surface area contributed by atoms with Crippen molar-refractivity contribution in [2.24, 2.45) is 0 Å². The smallest absolute Gasteiger partial charge is 0.135 e. The van der Waals surface area contributed by atoms with Gasteiger partial charge in [-0.1, -0.05) is 67.0 Å². The number of aromatic nitrogens is 2. The fourth-order valence-corrected chi connectivity index (χ4v) is 7.36. The zero-order valence-corrected chi connectivity index (χ0v) is 31.6. The summed E-state index contributed by atoms with van der Waals surface area (Å²) in [5.41, 5.74) is 11.0. The largest absolute Gasteiger partial charge is 0.509 e. The molecule has 0 saturated carbocycles. The van der Waals surface area contributed by atoms with Crippen LogP contribution in [0.25, 0.3) is 38.8 Å². The number of benzene rings is 6. The summed E-state index contributed by atoms with van der Waals surface area (Å²) in [5.74, 6) is 1.67. The summed E-state index contributed by atoms with van der Waals surface area (Å²) in [5, 5.41) is 2.20. The number of nitrogens with zero attached hydrogens (tertiary/aromatic N) is 4. The van der Waals surface area contributed by atoms with Gasteiger partial charge in [0.15, 0.2) is 0 Å². The molecule has 6 aromatic carbocycles. The van der Waals surface area contributed by atoms with Crippen LogP contribution in [0.5, 0.6) is 11.5 Å². The number of pyridine rings is 1. The van der Waals surface area contributed by atoms with Crippen LogP contribution < -0.4 is 14.5 Å². The molecule has 1 aliphatic rings. The van der Waals surface area contributed by atoms with Crippen LogP contribution in [-0.4, -0.2) is 9.55 Å². The van der Waals surface area contributed by atoms with E-state index in [2.05, 4.69) is 115 Å². The van der Waals surface area contributed by atoms with Gasteiger partial charge in [-0.15, -0.1) is 53.6 Å². The minimum Gasteiger partial charge on any atom is -0.509 e. The van der Waals surface area contributed by atoms with Crippen molar-refractivity contribution in [3.05, 3.63) is 175 Å². The second kappa shape index (κ2) is 14.0. The summed E-state index contributed by atoms with van der Waals surface area (Å²) in [6, 6.07) is 49.1. The Morgan fingerprint density at radius 3 is 2.26 bits per heavy atom. The molecule has 2 aromatic heterocycles. The van der Waals surface area contributed by atoms with Crippen LogP contribution in [0, 0.1) is 38.5 Å². The van der Waals surface area contributed by atoms with E-state index in [0.29, 0.717) is 11.5 Å².